The second kappa shape index (κ2) is 7.16. The standard InChI is InChI=1S/C14H19FN2O5S2/c1-16-14(18)10-23(19,20)12-5-7-17(8-6-12)24(21,22)13-4-2-3-11(15)9-13/h2-4,9,12H,5-8,10H2,1H3,(H,16,18). The van der Waals surface area contributed by atoms with Gasteiger partial charge in [-0.2, -0.15) is 4.31 Å². The first-order valence-corrected chi connectivity index (χ1v) is 10.5. The van der Waals surface area contributed by atoms with Crippen LogP contribution in [-0.2, 0) is 24.7 Å². The maximum absolute atomic E-state index is 13.2. The first-order valence-electron chi connectivity index (χ1n) is 7.34. The number of benzene rings is 1. The summed E-state index contributed by atoms with van der Waals surface area (Å²) in [6.45, 7) is 0.0208. The molecule has 1 amide bonds. The Hall–Kier alpha value is -1.52. The fourth-order valence-electron chi connectivity index (χ4n) is 2.58. The Labute approximate surface area is 140 Å². The smallest absolute Gasteiger partial charge is 0.243 e. The SMILES string of the molecule is CNC(=O)CS(=O)(=O)C1CCN(S(=O)(=O)c2cccc(F)c2)CC1. The summed E-state index contributed by atoms with van der Waals surface area (Å²) in [7, 11) is -6.14. The average Bonchev–Trinajstić information content (AvgIpc) is 2.54. The highest BCUT2D eigenvalue weighted by Crippen LogP contribution is 2.24. The number of carbonyl (C=O) groups excluding carboxylic acids is 1. The molecule has 0 spiro atoms. The van der Waals surface area contributed by atoms with Crippen molar-refractivity contribution in [1.82, 2.24) is 9.62 Å². The third kappa shape index (κ3) is 4.11. The van der Waals surface area contributed by atoms with E-state index in [1.807, 2.05) is 0 Å². The molecule has 1 saturated heterocycles. The lowest BCUT2D eigenvalue weighted by atomic mass is 10.2. The molecule has 0 atom stereocenters. The van der Waals surface area contributed by atoms with Gasteiger partial charge in [-0.15, -0.1) is 0 Å². The lowest BCUT2D eigenvalue weighted by Crippen LogP contribution is -2.44. The molecule has 1 aromatic rings. The number of rotatable bonds is 5. The molecule has 134 valence electrons. The Morgan fingerprint density at radius 1 is 1.25 bits per heavy atom. The Balaban J connectivity index is 2.08. The van der Waals surface area contributed by atoms with Crippen LogP contribution in [0.25, 0.3) is 0 Å². The van der Waals surface area contributed by atoms with Gasteiger partial charge in [-0.3, -0.25) is 4.79 Å². The predicted molar refractivity (Wildman–Crippen MR) is 86.0 cm³/mol. The molecule has 24 heavy (non-hydrogen) atoms. The van der Waals surface area contributed by atoms with Gasteiger partial charge in [-0.05, 0) is 31.0 Å². The van der Waals surface area contributed by atoms with Crippen LogP contribution in [0.1, 0.15) is 12.8 Å². The van der Waals surface area contributed by atoms with E-state index in [4.69, 9.17) is 0 Å². The lowest BCUT2D eigenvalue weighted by Gasteiger charge is -2.30. The van der Waals surface area contributed by atoms with E-state index in [0.717, 1.165) is 16.4 Å². The molecule has 1 aliphatic rings. The van der Waals surface area contributed by atoms with Crippen LogP contribution in [-0.4, -0.2) is 58.2 Å². The van der Waals surface area contributed by atoms with Crippen LogP contribution in [0.5, 0.6) is 0 Å². The summed E-state index contributed by atoms with van der Waals surface area (Å²) in [5, 5.41) is 1.50. The van der Waals surface area contributed by atoms with Crippen LogP contribution in [0.15, 0.2) is 29.2 Å². The maximum Gasteiger partial charge on any atom is 0.243 e. The second-order valence-corrected chi connectivity index (χ2v) is 9.76. The minimum absolute atomic E-state index is 0.0104. The monoisotopic (exact) mass is 378 g/mol. The Morgan fingerprint density at radius 3 is 2.42 bits per heavy atom. The normalized spacial score (nSPS) is 17.6. The molecule has 0 aromatic heterocycles. The summed E-state index contributed by atoms with van der Waals surface area (Å²) >= 11 is 0. The van der Waals surface area contributed by atoms with E-state index in [0.29, 0.717) is 0 Å². The van der Waals surface area contributed by atoms with E-state index in [1.165, 1.54) is 19.2 Å². The predicted octanol–water partition coefficient (Wildman–Crippen LogP) is 0.140. The highest BCUT2D eigenvalue weighted by atomic mass is 32.2. The minimum atomic E-state index is -3.86. The minimum Gasteiger partial charge on any atom is -0.358 e. The highest BCUT2D eigenvalue weighted by molar-refractivity contribution is 7.92. The molecular formula is C14H19FN2O5S2. The number of piperidine rings is 1. The van der Waals surface area contributed by atoms with Crippen molar-refractivity contribution in [3.05, 3.63) is 30.1 Å². The van der Waals surface area contributed by atoms with Crippen LogP contribution in [0.2, 0.25) is 0 Å². The van der Waals surface area contributed by atoms with Crippen molar-refractivity contribution in [2.45, 2.75) is 23.0 Å². The van der Waals surface area contributed by atoms with Crippen LogP contribution >= 0.6 is 0 Å². The van der Waals surface area contributed by atoms with E-state index >= 15 is 0 Å². The Morgan fingerprint density at radius 2 is 1.88 bits per heavy atom. The topological polar surface area (TPSA) is 101 Å². The van der Waals surface area contributed by atoms with Crippen molar-refractivity contribution in [1.29, 1.82) is 0 Å². The second-order valence-electron chi connectivity index (χ2n) is 5.54. The molecule has 1 fully saturated rings. The molecule has 10 heteroatoms. The fraction of sp³-hybridized carbons (Fsp3) is 0.500. The number of hydrogen-bond donors (Lipinski definition) is 1. The molecule has 1 aliphatic heterocycles. The van der Waals surface area contributed by atoms with Crippen LogP contribution in [0.3, 0.4) is 0 Å². The summed E-state index contributed by atoms with van der Waals surface area (Å²) in [5.41, 5.74) is 0. The number of amides is 1. The molecule has 0 bridgehead atoms. The number of nitrogens with zero attached hydrogens (tertiary/aromatic N) is 1. The van der Waals surface area contributed by atoms with E-state index in [-0.39, 0.29) is 30.8 Å². The zero-order chi connectivity index (χ0) is 18.0. The number of halogens is 1. The van der Waals surface area contributed by atoms with Gasteiger partial charge in [-0.25, -0.2) is 21.2 Å². The Kier molecular flexibility index (Phi) is 5.61. The van der Waals surface area contributed by atoms with E-state index in [1.54, 1.807) is 0 Å². The summed E-state index contributed by atoms with van der Waals surface area (Å²) in [4.78, 5) is 11.1. The van der Waals surface area contributed by atoms with Gasteiger partial charge in [0.1, 0.15) is 11.6 Å². The number of sulfone groups is 1. The zero-order valence-corrected chi connectivity index (χ0v) is 14.7. The van der Waals surface area contributed by atoms with Crippen molar-refractivity contribution in [3.63, 3.8) is 0 Å². The molecule has 0 aliphatic carbocycles. The molecule has 1 N–H and O–H groups in total. The van der Waals surface area contributed by atoms with Gasteiger partial charge in [0.15, 0.2) is 9.84 Å². The number of nitrogens with one attached hydrogen (secondary N) is 1. The van der Waals surface area contributed by atoms with Crippen molar-refractivity contribution in [2.24, 2.45) is 0 Å². The third-order valence-corrected chi connectivity index (χ3v) is 8.00. The highest BCUT2D eigenvalue weighted by Gasteiger charge is 2.35. The molecule has 2 rings (SSSR count). The van der Waals surface area contributed by atoms with Gasteiger partial charge in [-0.1, -0.05) is 6.07 Å². The van der Waals surface area contributed by atoms with Gasteiger partial charge in [0.25, 0.3) is 0 Å². The maximum atomic E-state index is 13.2. The largest absolute Gasteiger partial charge is 0.358 e. The zero-order valence-electron chi connectivity index (χ0n) is 13.1. The first-order chi connectivity index (χ1) is 11.2. The number of sulfonamides is 1. The summed E-state index contributed by atoms with van der Waals surface area (Å²) in [6, 6.07) is 4.69. The molecule has 1 aromatic carbocycles. The van der Waals surface area contributed by atoms with Gasteiger partial charge in [0, 0.05) is 20.1 Å². The van der Waals surface area contributed by atoms with Crippen molar-refractivity contribution in [3.8, 4) is 0 Å². The van der Waals surface area contributed by atoms with Crippen molar-refractivity contribution < 1.29 is 26.0 Å². The number of hydrogen-bond acceptors (Lipinski definition) is 5. The van der Waals surface area contributed by atoms with E-state index in [9.17, 15) is 26.0 Å². The van der Waals surface area contributed by atoms with Crippen LogP contribution in [0.4, 0.5) is 4.39 Å². The van der Waals surface area contributed by atoms with Crippen molar-refractivity contribution >= 4 is 25.8 Å². The van der Waals surface area contributed by atoms with Gasteiger partial charge in [0.2, 0.25) is 15.9 Å². The summed E-state index contributed by atoms with van der Waals surface area (Å²) in [5.74, 6) is -1.85. The molecule has 0 saturated carbocycles. The van der Waals surface area contributed by atoms with E-state index < -0.39 is 42.6 Å². The third-order valence-electron chi connectivity index (χ3n) is 3.95. The summed E-state index contributed by atoms with van der Waals surface area (Å²) < 4.78 is 63.6. The molecular weight excluding hydrogens is 359 g/mol. The first kappa shape index (κ1) is 18.8. The lowest BCUT2D eigenvalue weighted by molar-refractivity contribution is -0.118. The molecule has 1 heterocycles. The van der Waals surface area contributed by atoms with Gasteiger partial charge in [0.05, 0.1) is 10.1 Å². The van der Waals surface area contributed by atoms with Gasteiger partial charge < -0.3 is 5.32 Å². The van der Waals surface area contributed by atoms with Crippen molar-refractivity contribution in [2.75, 3.05) is 25.9 Å². The molecule has 0 radical (unpaired) electrons. The van der Waals surface area contributed by atoms with Crippen LogP contribution < -0.4 is 5.32 Å². The quantitative estimate of drug-likeness (QED) is 0.785. The fourth-order valence-corrected chi connectivity index (χ4v) is 5.76. The Bertz CT molecular complexity index is 815. The molecule has 7 nitrogen and oxygen atoms in total. The number of carbonyl (C=O) groups is 1. The van der Waals surface area contributed by atoms with Gasteiger partial charge >= 0.3 is 0 Å². The molecule has 0 unspecified atom stereocenters. The van der Waals surface area contributed by atoms with E-state index in [2.05, 4.69) is 5.32 Å². The summed E-state index contributed by atoms with van der Waals surface area (Å²) in [6.07, 6.45) is 0.210. The average molecular weight is 378 g/mol. The van der Waals surface area contributed by atoms with Crippen LogP contribution in [0, 0.1) is 5.82 Å².